The van der Waals surface area contributed by atoms with Gasteiger partial charge in [0.1, 0.15) is 0 Å². The number of rotatable bonds is 3. The van der Waals surface area contributed by atoms with Gasteiger partial charge in [-0.1, -0.05) is 18.2 Å². The summed E-state index contributed by atoms with van der Waals surface area (Å²) in [5.74, 6) is -0.310. The van der Waals surface area contributed by atoms with Crippen LogP contribution in [0.25, 0.3) is 10.9 Å². The Kier molecular flexibility index (Phi) is 2.96. The molecule has 0 atom stereocenters. The summed E-state index contributed by atoms with van der Waals surface area (Å²) in [6.45, 7) is 3.95. The van der Waals surface area contributed by atoms with Gasteiger partial charge in [-0.15, -0.1) is 0 Å². The van der Waals surface area contributed by atoms with E-state index in [0.717, 1.165) is 49.8 Å². The van der Waals surface area contributed by atoms with E-state index in [1.807, 2.05) is 24.3 Å². The first kappa shape index (κ1) is 12.8. The van der Waals surface area contributed by atoms with Crippen molar-refractivity contribution in [2.24, 2.45) is 5.41 Å². The lowest BCUT2D eigenvalue weighted by molar-refractivity contribution is -0.0307. The number of nitrogens with one attached hydrogen (secondary N) is 1. The van der Waals surface area contributed by atoms with E-state index in [-0.39, 0.29) is 11.4 Å². The highest BCUT2D eigenvalue weighted by Crippen LogP contribution is 2.40. The van der Waals surface area contributed by atoms with Gasteiger partial charge in [-0.3, -0.25) is 5.10 Å². The van der Waals surface area contributed by atoms with Crippen molar-refractivity contribution in [3.8, 4) is 0 Å². The molecule has 5 rings (SSSR count). The van der Waals surface area contributed by atoms with Gasteiger partial charge in [0.15, 0.2) is 5.69 Å². The van der Waals surface area contributed by atoms with Crippen molar-refractivity contribution in [2.45, 2.75) is 19.3 Å². The average Bonchev–Trinajstić information content (AvgIpc) is 2.99. The lowest BCUT2D eigenvalue weighted by Gasteiger charge is -2.47. The fourth-order valence-corrected chi connectivity index (χ4v) is 3.52. The molecule has 0 saturated carbocycles. The number of ether oxygens (including phenoxy) is 1. The maximum atomic E-state index is 12.3. The van der Waals surface area contributed by atoms with Crippen molar-refractivity contribution >= 4 is 16.9 Å². The molecule has 5 nitrogen and oxygen atoms in total. The minimum absolute atomic E-state index is 0.205. The topological polar surface area (TPSA) is 58.2 Å². The Labute approximate surface area is 123 Å². The van der Waals surface area contributed by atoms with Crippen LogP contribution >= 0.6 is 0 Å². The maximum absolute atomic E-state index is 12.3. The van der Waals surface area contributed by atoms with Crippen LogP contribution in [0.4, 0.5) is 0 Å². The molecule has 21 heavy (non-hydrogen) atoms. The summed E-state index contributed by atoms with van der Waals surface area (Å²) < 4.78 is 5.61. The summed E-state index contributed by atoms with van der Waals surface area (Å²) >= 11 is 0. The zero-order valence-electron chi connectivity index (χ0n) is 12.0. The molecule has 0 radical (unpaired) electrons. The number of H-pyrrole nitrogens is 1. The van der Waals surface area contributed by atoms with Crippen molar-refractivity contribution in [1.82, 2.24) is 15.1 Å². The summed E-state index contributed by atoms with van der Waals surface area (Å²) in [5.41, 5.74) is 1.47. The highest BCUT2D eigenvalue weighted by Gasteiger charge is 2.40. The number of benzene rings is 1. The molecule has 0 unspecified atom stereocenters. The van der Waals surface area contributed by atoms with Gasteiger partial charge >= 0.3 is 5.97 Å². The largest absolute Gasteiger partial charge is 0.460 e. The maximum Gasteiger partial charge on any atom is 0.359 e. The fraction of sp³-hybridized carbons (Fsp3) is 0.500. The first-order chi connectivity index (χ1) is 10.3. The van der Waals surface area contributed by atoms with Crippen LogP contribution in [0.2, 0.25) is 0 Å². The van der Waals surface area contributed by atoms with Crippen LogP contribution in [0, 0.1) is 5.41 Å². The van der Waals surface area contributed by atoms with Crippen LogP contribution in [0.5, 0.6) is 0 Å². The van der Waals surface area contributed by atoms with E-state index in [1.165, 1.54) is 0 Å². The Morgan fingerprint density at radius 2 is 1.95 bits per heavy atom. The summed E-state index contributed by atoms with van der Waals surface area (Å²) in [6, 6.07) is 7.63. The second-order valence-corrected chi connectivity index (χ2v) is 6.29. The van der Waals surface area contributed by atoms with Crippen molar-refractivity contribution < 1.29 is 9.53 Å². The van der Waals surface area contributed by atoms with Crippen LogP contribution in [-0.4, -0.2) is 47.3 Å². The van der Waals surface area contributed by atoms with Gasteiger partial charge in [0.25, 0.3) is 0 Å². The van der Waals surface area contributed by atoms with E-state index in [9.17, 15) is 4.79 Å². The number of esters is 1. The zero-order chi connectivity index (χ0) is 14.3. The predicted octanol–water partition coefficient (Wildman–Crippen LogP) is 2.21. The Balaban J connectivity index is 1.48. The van der Waals surface area contributed by atoms with Crippen LogP contribution in [-0.2, 0) is 4.74 Å². The second kappa shape index (κ2) is 4.84. The van der Waals surface area contributed by atoms with E-state index in [0.29, 0.717) is 12.3 Å². The highest BCUT2D eigenvalue weighted by molar-refractivity contribution is 6.01. The minimum atomic E-state index is -0.310. The normalized spacial score (nSPS) is 27.9. The number of aromatic nitrogens is 2. The summed E-state index contributed by atoms with van der Waals surface area (Å²) in [6.07, 6.45) is 3.42. The molecular weight excluding hydrogens is 266 g/mol. The van der Waals surface area contributed by atoms with Gasteiger partial charge in [0, 0.05) is 10.8 Å². The molecule has 3 fully saturated rings. The van der Waals surface area contributed by atoms with Gasteiger partial charge in [0.05, 0.1) is 12.1 Å². The SMILES string of the molecule is O=C(OCC12CCN(CC1)CC2)c1n[nH]c2ccccc12. The Bertz CT molecular complexity index is 657. The van der Waals surface area contributed by atoms with Gasteiger partial charge in [-0.25, -0.2) is 4.79 Å². The quantitative estimate of drug-likeness (QED) is 0.878. The molecular formula is C16H19N3O2. The first-order valence-electron chi connectivity index (χ1n) is 7.58. The summed E-state index contributed by atoms with van der Waals surface area (Å²) in [7, 11) is 0. The van der Waals surface area contributed by atoms with Crippen LogP contribution in [0.1, 0.15) is 29.8 Å². The van der Waals surface area contributed by atoms with Crippen molar-refractivity contribution in [3.63, 3.8) is 0 Å². The lowest BCUT2D eigenvalue weighted by atomic mass is 9.73. The van der Waals surface area contributed by atoms with Crippen LogP contribution in [0.3, 0.4) is 0 Å². The van der Waals surface area contributed by atoms with Crippen LogP contribution in [0.15, 0.2) is 24.3 Å². The molecule has 1 N–H and O–H groups in total. The number of para-hydroxylation sites is 1. The molecule has 2 bridgehead atoms. The molecule has 1 aromatic heterocycles. The Morgan fingerprint density at radius 3 is 2.71 bits per heavy atom. The monoisotopic (exact) mass is 285 g/mol. The number of carbonyl (C=O) groups is 1. The number of hydrogen-bond donors (Lipinski definition) is 1. The molecule has 0 amide bonds. The molecule has 0 aliphatic carbocycles. The van der Waals surface area contributed by atoms with Crippen LogP contribution < -0.4 is 0 Å². The van der Waals surface area contributed by atoms with Gasteiger partial charge in [0.2, 0.25) is 0 Å². The molecule has 3 aliphatic heterocycles. The standard InChI is InChI=1S/C16H19N3O2/c20-15(14-12-3-1-2-4-13(12)17-18-14)21-11-16-5-8-19(9-6-16)10-7-16/h1-4H,5-11H2,(H,17,18). The number of fused-ring (bicyclic) bond motifs is 4. The van der Waals surface area contributed by atoms with E-state index >= 15 is 0 Å². The Morgan fingerprint density at radius 1 is 1.24 bits per heavy atom. The summed E-state index contributed by atoms with van der Waals surface area (Å²) in [5, 5.41) is 7.82. The predicted molar refractivity (Wildman–Crippen MR) is 79.1 cm³/mol. The lowest BCUT2D eigenvalue weighted by Crippen LogP contribution is -2.50. The van der Waals surface area contributed by atoms with E-state index < -0.39 is 0 Å². The second-order valence-electron chi connectivity index (χ2n) is 6.29. The number of piperidine rings is 3. The molecule has 2 aromatic rings. The third-order valence-corrected chi connectivity index (χ3v) is 5.05. The van der Waals surface area contributed by atoms with E-state index in [1.54, 1.807) is 0 Å². The third-order valence-electron chi connectivity index (χ3n) is 5.05. The molecule has 3 aliphatic rings. The van der Waals surface area contributed by atoms with E-state index in [4.69, 9.17) is 4.74 Å². The van der Waals surface area contributed by atoms with E-state index in [2.05, 4.69) is 15.1 Å². The smallest absolute Gasteiger partial charge is 0.359 e. The number of hydrogen-bond acceptors (Lipinski definition) is 4. The number of nitrogens with zero attached hydrogens (tertiary/aromatic N) is 2. The molecule has 5 heteroatoms. The average molecular weight is 285 g/mol. The van der Waals surface area contributed by atoms with Gasteiger partial charge in [-0.2, -0.15) is 5.10 Å². The van der Waals surface area contributed by atoms with Gasteiger partial charge < -0.3 is 9.64 Å². The fourth-order valence-electron chi connectivity index (χ4n) is 3.52. The zero-order valence-corrected chi connectivity index (χ0v) is 12.0. The number of carbonyl (C=O) groups excluding carboxylic acids is 1. The summed E-state index contributed by atoms with van der Waals surface area (Å²) in [4.78, 5) is 14.8. The molecule has 110 valence electrons. The minimum Gasteiger partial charge on any atom is -0.460 e. The molecule has 0 spiro atoms. The Hall–Kier alpha value is -1.88. The van der Waals surface area contributed by atoms with Crippen molar-refractivity contribution in [3.05, 3.63) is 30.0 Å². The number of aromatic amines is 1. The highest BCUT2D eigenvalue weighted by atomic mass is 16.5. The van der Waals surface area contributed by atoms with Gasteiger partial charge in [-0.05, 0) is 45.0 Å². The molecule has 3 saturated heterocycles. The third kappa shape index (κ3) is 2.21. The van der Waals surface area contributed by atoms with Crippen molar-refractivity contribution in [1.29, 1.82) is 0 Å². The van der Waals surface area contributed by atoms with Crippen molar-refractivity contribution in [2.75, 3.05) is 26.2 Å². The molecule has 4 heterocycles. The first-order valence-corrected chi connectivity index (χ1v) is 7.58. The molecule has 1 aromatic carbocycles.